The summed E-state index contributed by atoms with van der Waals surface area (Å²) in [6.45, 7) is 3.73. The average Bonchev–Trinajstić information content (AvgIpc) is 2.43. The molecule has 0 aromatic heterocycles. The predicted octanol–water partition coefficient (Wildman–Crippen LogP) is 1.12. The first-order valence-electron chi connectivity index (χ1n) is 5.23. The molecule has 0 aromatic rings. The zero-order valence-corrected chi connectivity index (χ0v) is 9.57. The first-order chi connectivity index (χ1) is 6.64. The van der Waals surface area contributed by atoms with Gasteiger partial charge in [-0.25, -0.2) is 8.42 Å². The van der Waals surface area contributed by atoms with E-state index in [0.717, 1.165) is 32.4 Å². The number of hydrogen-bond acceptors (Lipinski definition) is 3. The van der Waals surface area contributed by atoms with Crippen LogP contribution in [0.5, 0.6) is 0 Å². The Morgan fingerprint density at radius 2 is 2.14 bits per heavy atom. The quantitative estimate of drug-likeness (QED) is 0.721. The lowest BCUT2D eigenvalue weighted by atomic mass is 10.1. The molecular formula is C10H19NO2S. The minimum Gasteiger partial charge on any atom is -0.316 e. The molecule has 1 heterocycles. The standard InChI is InChI=1S/C10H19NO2S/c1-2-14(12,13)9-6-10-4-3-7-11-8-5-10/h6,11H,2-5,7-9H2,1H3/b10-6-. The second-order valence-corrected chi connectivity index (χ2v) is 6.06. The van der Waals surface area contributed by atoms with E-state index < -0.39 is 9.84 Å². The molecule has 1 saturated heterocycles. The minimum atomic E-state index is -2.83. The van der Waals surface area contributed by atoms with Crippen molar-refractivity contribution in [1.82, 2.24) is 5.32 Å². The van der Waals surface area contributed by atoms with E-state index in [1.807, 2.05) is 6.08 Å². The summed E-state index contributed by atoms with van der Waals surface area (Å²) in [5.74, 6) is 0.466. The van der Waals surface area contributed by atoms with Gasteiger partial charge in [0.2, 0.25) is 0 Å². The van der Waals surface area contributed by atoms with Crippen molar-refractivity contribution in [3.05, 3.63) is 11.6 Å². The Hall–Kier alpha value is -0.350. The van der Waals surface area contributed by atoms with Gasteiger partial charge in [0, 0.05) is 5.75 Å². The topological polar surface area (TPSA) is 46.2 Å². The van der Waals surface area contributed by atoms with E-state index in [-0.39, 0.29) is 11.5 Å². The molecule has 0 saturated carbocycles. The Balaban J connectivity index is 2.50. The lowest BCUT2D eigenvalue weighted by molar-refractivity contribution is 0.600. The Kier molecular flexibility index (Phi) is 4.62. The van der Waals surface area contributed by atoms with Crippen LogP contribution in [0.2, 0.25) is 0 Å². The highest BCUT2D eigenvalue weighted by atomic mass is 32.2. The lowest BCUT2D eigenvalue weighted by Crippen LogP contribution is -2.13. The smallest absolute Gasteiger partial charge is 0.153 e. The van der Waals surface area contributed by atoms with Gasteiger partial charge in [0.1, 0.15) is 0 Å². The van der Waals surface area contributed by atoms with Gasteiger partial charge in [-0.1, -0.05) is 18.6 Å². The van der Waals surface area contributed by atoms with E-state index in [4.69, 9.17) is 0 Å². The van der Waals surface area contributed by atoms with E-state index in [1.54, 1.807) is 6.92 Å². The molecule has 1 rings (SSSR count). The first-order valence-corrected chi connectivity index (χ1v) is 7.05. The maximum Gasteiger partial charge on any atom is 0.153 e. The molecule has 0 unspecified atom stereocenters. The van der Waals surface area contributed by atoms with Crippen molar-refractivity contribution in [3.8, 4) is 0 Å². The van der Waals surface area contributed by atoms with Crippen molar-refractivity contribution < 1.29 is 8.42 Å². The van der Waals surface area contributed by atoms with Gasteiger partial charge in [-0.2, -0.15) is 0 Å². The average molecular weight is 217 g/mol. The van der Waals surface area contributed by atoms with Crippen LogP contribution < -0.4 is 5.32 Å². The predicted molar refractivity (Wildman–Crippen MR) is 59.1 cm³/mol. The monoisotopic (exact) mass is 217 g/mol. The Morgan fingerprint density at radius 1 is 1.36 bits per heavy atom. The Morgan fingerprint density at radius 3 is 2.86 bits per heavy atom. The van der Waals surface area contributed by atoms with Crippen LogP contribution in [0.1, 0.15) is 26.2 Å². The van der Waals surface area contributed by atoms with Gasteiger partial charge in [0.15, 0.2) is 9.84 Å². The molecule has 1 aliphatic heterocycles. The molecule has 1 N–H and O–H groups in total. The lowest BCUT2D eigenvalue weighted by Gasteiger charge is -2.02. The van der Waals surface area contributed by atoms with Crippen molar-refractivity contribution in [2.75, 3.05) is 24.6 Å². The third kappa shape index (κ3) is 4.24. The molecule has 3 nitrogen and oxygen atoms in total. The number of nitrogens with one attached hydrogen (secondary N) is 1. The van der Waals surface area contributed by atoms with Crippen LogP contribution in [0.3, 0.4) is 0 Å². The summed E-state index contributed by atoms with van der Waals surface area (Å²) < 4.78 is 22.5. The van der Waals surface area contributed by atoms with Crippen LogP contribution in [-0.2, 0) is 9.84 Å². The largest absolute Gasteiger partial charge is 0.316 e. The van der Waals surface area contributed by atoms with Crippen molar-refractivity contribution in [2.45, 2.75) is 26.2 Å². The summed E-state index contributed by atoms with van der Waals surface area (Å²) in [6, 6.07) is 0. The molecule has 0 radical (unpaired) electrons. The number of rotatable bonds is 3. The molecule has 14 heavy (non-hydrogen) atoms. The van der Waals surface area contributed by atoms with Crippen molar-refractivity contribution in [3.63, 3.8) is 0 Å². The maximum atomic E-state index is 11.3. The fourth-order valence-electron chi connectivity index (χ4n) is 1.51. The van der Waals surface area contributed by atoms with Crippen LogP contribution in [0.15, 0.2) is 11.6 Å². The molecule has 0 atom stereocenters. The third-order valence-corrected chi connectivity index (χ3v) is 4.09. The van der Waals surface area contributed by atoms with Crippen LogP contribution >= 0.6 is 0 Å². The van der Waals surface area contributed by atoms with Gasteiger partial charge in [0.25, 0.3) is 0 Å². The molecule has 1 fully saturated rings. The van der Waals surface area contributed by atoms with Crippen molar-refractivity contribution in [1.29, 1.82) is 0 Å². The van der Waals surface area contributed by atoms with Gasteiger partial charge in [-0.15, -0.1) is 0 Å². The van der Waals surface area contributed by atoms with Gasteiger partial charge in [-0.05, 0) is 32.4 Å². The fraction of sp³-hybridized carbons (Fsp3) is 0.800. The van der Waals surface area contributed by atoms with Gasteiger partial charge < -0.3 is 5.32 Å². The minimum absolute atomic E-state index is 0.221. The summed E-state index contributed by atoms with van der Waals surface area (Å²) >= 11 is 0. The summed E-state index contributed by atoms with van der Waals surface area (Å²) in [4.78, 5) is 0. The Labute approximate surface area is 86.5 Å². The van der Waals surface area contributed by atoms with Crippen LogP contribution in [0, 0.1) is 0 Å². The fourth-order valence-corrected chi connectivity index (χ4v) is 2.23. The highest BCUT2D eigenvalue weighted by Gasteiger charge is 2.07. The number of hydrogen-bond donors (Lipinski definition) is 1. The van der Waals surface area contributed by atoms with E-state index in [9.17, 15) is 8.42 Å². The molecule has 1 aliphatic rings. The molecule has 0 aliphatic carbocycles. The summed E-state index contributed by atoms with van der Waals surface area (Å²) in [7, 11) is -2.83. The second-order valence-electron chi connectivity index (χ2n) is 3.66. The van der Waals surface area contributed by atoms with Crippen molar-refractivity contribution >= 4 is 9.84 Å². The van der Waals surface area contributed by atoms with E-state index in [0.29, 0.717) is 0 Å². The second kappa shape index (κ2) is 5.51. The molecule has 0 aromatic carbocycles. The zero-order valence-electron chi connectivity index (χ0n) is 8.75. The van der Waals surface area contributed by atoms with E-state index >= 15 is 0 Å². The molecule has 82 valence electrons. The molecule has 0 amide bonds. The zero-order chi connectivity index (χ0) is 10.4. The van der Waals surface area contributed by atoms with Gasteiger partial charge in [0.05, 0.1) is 5.75 Å². The molecule has 0 spiro atoms. The van der Waals surface area contributed by atoms with Crippen molar-refractivity contribution in [2.24, 2.45) is 0 Å². The van der Waals surface area contributed by atoms with E-state index in [2.05, 4.69) is 5.32 Å². The summed E-state index contributed by atoms with van der Waals surface area (Å²) in [6.07, 6.45) is 5.08. The number of sulfone groups is 1. The van der Waals surface area contributed by atoms with Crippen LogP contribution in [-0.4, -0.2) is 33.0 Å². The van der Waals surface area contributed by atoms with Crippen LogP contribution in [0.25, 0.3) is 0 Å². The SMILES string of the molecule is CCS(=O)(=O)C/C=C1/CCCNCC1. The molecule has 4 heteroatoms. The Bertz CT molecular complexity index is 283. The highest BCUT2D eigenvalue weighted by Crippen LogP contribution is 2.12. The first kappa shape index (κ1) is 11.7. The highest BCUT2D eigenvalue weighted by molar-refractivity contribution is 7.91. The van der Waals surface area contributed by atoms with Gasteiger partial charge in [-0.3, -0.25) is 0 Å². The summed E-state index contributed by atoms with van der Waals surface area (Å²) in [5, 5.41) is 3.30. The van der Waals surface area contributed by atoms with Gasteiger partial charge >= 0.3 is 0 Å². The van der Waals surface area contributed by atoms with E-state index in [1.165, 1.54) is 5.57 Å². The molecular weight excluding hydrogens is 198 g/mol. The maximum absolute atomic E-state index is 11.3. The normalized spacial score (nSPS) is 22.2. The third-order valence-electron chi connectivity index (χ3n) is 2.54. The summed E-state index contributed by atoms with van der Waals surface area (Å²) in [5.41, 5.74) is 1.30. The molecule has 0 bridgehead atoms. The van der Waals surface area contributed by atoms with Crippen LogP contribution in [0.4, 0.5) is 0 Å².